The van der Waals surface area contributed by atoms with Crippen LogP contribution in [0.2, 0.25) is 0 Å². The number of fused-ring (bicyclic) bond motifs is 5. The molecule has 0 aliphatic heterocycles. The summed E-state index contributed by atoms with van der Waals surface area (Å²) in [6.07, 6.45) is 12.6. The molecule has 0 aromatic carbocycles. The molecule has 28 heavy (non-hydrogen) atoms. The first-order chi connectivity index (χ1) is 13.2. The molecule has 0 aromatic heterocycles. The maximum absolute atomic E-state index is 11.1. The van der Waals surface area contributed by atoms with Crippen molar-refractivity contribution in [2.24, 2.45) is 58.2 Å². The van der Waals surface area contributed by atoms with Crippen LogP contribution < -0.4 is 0 Å². The zero-order chi connectivity index (χ0) is 20.3. The average Bonchev–Trinajstić information content (AvgIpc) is 2.98. The smallest absolute Gasteiger partial charge is 0.303 e. The van der Waals surface area contributed by atoms with Crippen molar-refractivity contribution < 1.29 is 9.90 Å². The van der Waals surface area contributed by atoms with E-state index in [-0.39, 0.29) is 0 Å². The topological polar surface area (TPSA) is 37.3 Å². The lowest BCUT2D eigenvalue weighted by Gasteiger charge is -2.63. The predicted octanol–water partition coefficient (Wildman–Crippen LogP) is 7.03. The van der Waals surface area contributed by atoms with E-state index in [1.807, 2.05) is 0 Å². The Kier molecular flexibility index (Phi) is 5.41. The number of carbonyl (C=O) groups is 1. The molecule has 2 nitrogen and oxygen atoms in total. The minimum atomic E-state index is -0.623. The lowest BCUT2D eigenvalue weighted by atomic mass is 9.42. The highest BCUT2D eigenvalue weighted by Gasteiger charge is 2.61. The maximum atomic E-state index is 11.1. The third-order valence-corrected chi connectivity index (χ3v) is 10.9. The fraction of sp³-hybridized carbons (Fsp3) is 0.962. The molecule has 4 rings (SSSR count). The zero-order valence-electron chi connectivity index (χ0n) is 19.0. The van der Waals surface area contributed by atoms with Crippen molar-refractivity contribution in [1.29, 1.82) is 0 Å². The van der Waals surface area contributed by atoms with E-state index in [1.165, 1.54) is 51.4 Å². The van der Waals surface area contributed by atoms with Crippen LogP contribution in [0.25, 0.3) is 0 Å². The monoisotopic (exact) mass is 388 g/mol. The van der Waals surface area contributed by atoms with Crippen LogP contribution in [0.1, 0.15) is 98.8 Å². The number of rotatable bonds is 4. The van der Waals surface area contributed by atoms with Crippen molar-refractivity contribution in [3.63, 3.8) is 0 Å². The molecular weight excluding hydrogens is 344 g/mol. The number of carboxylic acids is 1. The van der Waals surface area contributed by atoms with Crippen LogP contribution >= 0.6 is 0 Å². The number of aliphatic carboxylic acids is 1. The van der Waals surface area contributed by atoms with Crippen molar-refractivity contribution in [3.8, 4) is 0 Å². The van der Waals surface area contributed by atoms with Gasteiger partial charge in [-0.15, -0.1) is 0 Å². The molecule has 0 spiro atoms. The third kappa shape index (κ3) is 3.16. The molecule has 1 N–H and O–H groups in total. The van der Waals surface area contributed by atoms with Crippen molar-refractivity contribution in [2.45, 2.75) is 98.8 Å². The van der Waals surface area contributed by atoms with E-state index in [0.717, 1.165) is 47.8 Å². The average molecular weight is 389 g/mol. The molecule has 4 saturated carbocycles. The van der Waals surface area contributed by atoms with Crippen LogP contribution in [0.5, 0.6) is 0 Å². The Labute approximate surface area is 173 Å². The molecule has 0 heterocycles. The first-order valence-corrected chi connectivity index (χ1v) is 12.4. The van der Waals surface area contributed by atoms with Gasteiger partial charge in [0.1, 0.15) is 0 Å². The summed E-state index contributed by atoms with van der Waals surface area (Å²) in [6.45, 7) is 12.7. The zero-order valence-corrected chi connectivity index (χ0v) is 19.0. The summed E-state index contributed by atoms with van der Waals surface area (Å²) in [5.41, 5.74) is 1.05. The number of hydrogen-bond donors (Lipinski definition) is 1. The SMILES string of the molecule is CC1CCC2(C)C(C1)CC(C)C1C2CCC2(C)C(C(C)CCC(=O)O)CCC12. The predicted molar refractivity (Wildman–Crippen MR) is 115 cm³/mol. The van der Waals surface area contributed by atoms with Crippen LogP contribution in [-0.4, -0.2) is 11.1 Å². The van der Waals surface area contributed by atoms with E-state index in [1.54, 1.807) is 0 Å². The van der Waals surface area contributed by atoms with Gasteiger partial charge in [-0.25, -0.2) is 0 Å². The summed E-state index contributed by atoms with van der Waals surface area (Å²) in [7, 11) is 0. The molecular formula is C26H44O2. The van der Waals surface area contributed by atoms with Crippen LogP contribution in [0.4, 0.5) is 0 Å². The number of carboxylic acid groups (broad SMARTS) is 1. The summed E-state index contributed by atoms with van der Waals surface area (Å²) in [4.78, 5) is 11.1. The Morgan fingerprint density at radius 1 is 1.00 bits per heavy atom. The molecule has 2 heteroatoms. The van der Waals surface area contributed by atoms with Gasteiger partial charge in [-0.3, -0.25) is 4.79 Å². The largest absolute Gasteiger partial charge is 0.481 e. The fourth-order valence-electron chi connectivity index (χ4n) is 9.38. The van der Waals surface area contributed by atoms with Gasteiger partial charge in [0.25, 0.3) is 0 Å². The Bertz CT molecular complexity index is 599. The molecule has 0 saturated heterocycles. The summed E-state index contributed by atoms with van der Waals surface area (Å²) in [5.74, 6) is 6.20. The van der Waals surface area contributed by atoms with E-state index in [2.05, 4.69) is 34.6 Å². The standard InChI is InChI=1S/C26H44O2/c1-16-10-12-25(4)19(14-16)15-18(3)24-21-8-7-20(17(2)6-9-23(27)28)26(21,5)13-11-22(24)25/h16-22,24H,6-15H2,1-5H3,(H,27,28). The molecule has 10 atom stereocenters. The van der Waals surface area contributed by atoms with Gasteiger partial charge < -0.3 is 5.11 Å². The minimum absolute atomic E-state index is 0.346. The summed E-state index contributed by atoms with van der Waals surface area (Å²) in [6, 6.07) is 0. The van der Waals surface area contributed by atoms with E-state index in [4.69, 9.17) is 5.11 Å². The highest BCUT2D eigenvalue weighted by atomic mass is 16.4. The van der Waals surface area contributed by atoms with Gasteiger partial charge in [0.2, 0.25) is 0 Å². The molecule has 4 aliphatic rings. The lowest BCUT2D eigenvalue weighted by Crippen LogP contribution is -2.56. The molecule has 10 unspecified atom stereocenters. The van der Waals surface area contributed by atoms with Gasteiger partial charge in [-0.05, 0) is 110 Å². The van der Waals surface area contributed by atoms with Gasteiger partial charge in [-0.2, -0.15) is 0 Å². The second-order valence-electron chi connectivity index (χ2n) is 12.2. The van der Waals surface area contributed by atoms with E-state index in [9.17, 15) is 4.79 Å². The Morgan fingerprint density at radius 3 is 2.39 bits per heavy atom. The Morgan fingerprint density at radius 2 is 1.68 bits per heavy atom. The second-order valence-corrected chi connectivity index (χ2v) is 12.2. The van der Waals surface area contributed by atoms with Gasteiger partial charge in [0, 0.05) is 6.42 Å². The van der Waals surface area contributed by atoms with Gasteiger partial charge >= 0.3 is 5.97 Å². The van der Waals surface area contributed by atoms with Gasteiger partial charge in [0.05, 0.1) is 0 Å². The Balaban J connectivity index is 1.55. The van der Waals surface area contributed by atoms with Crippen LogP contribution in [0.3, 0.4) is 0 Å². The van der Waals surface area contributed by atoms with Crippen LogP contribution in [0, 0.1) is 58.2 Å². The Hall–Kier alpha value is -0.530. The lowest BCUT2D eigenvalue weighted by molar-refractivity contribution is -0.143. The van der Waals surface area contributed by atoms with E-state index >= 15 is 0 Å². The normalized spacial score (nSPS) is 51.7. The molecule has 0 aromatic rings. The highest BCUT2D eigenvalue weighted by Crippen LogP contribution is 2.69. The van der Waals surface area contributed by atoms with Gasteiger partial charge in [-0.1, -0.05) is 41.0 Å². The van der Waals surface area contributed by atoms with E-state index in [0.29, 0.717) is 23.2 Å². The third-order valence-electron chi connectivity index (χ3n) is 10.9. The van der Waals surface area contributed by atoms with Crippen molar-refractivity contribution >= 4 is 5.97 Å². The highest BCUT2D eigenvalue weighted by molar-refractivity contribution is 5.66. The minimum Gasteiger partial charge on any atom is -0.481 e. The summed E-state index contributed by atoms with van der Waals surface area (Å²) in [5, 5.41) is 9.15. The van der Waals surface area contributed by atoms with Gasteiger partial charge in [0.15, 0.2) is 0 Å². The van der Waals surface area contributed by atoms with Crippen molar-refractivity contribution in [3.05, 3.63) is 0 Å². The van der Waals surface area contributed by atoms with Crippen LogP contribution in [-0.2, 0) is 4.79 Å². The summed E-state index contributed by atoms with van der Waals surface area (Å²) >= 11 is 0. The summed E-state index contributed by atoms with van der Waals surface area (Å²) < 4.78 is 0. The fourth-order valence-corrected chi connectivity index (χ4v) is 9.38. The molecule has 4 fully saturated rings. The maximum Gasteiger partial charge on any atom is 0.303 e. The molecule has 160 valence electrons. The quantitative estimate of drug-likeness (QED) is 0.561. The second kappa shape index (κ2) is 7.31. The van der Waals surface area contributed by atoms with Crippen molar-refractivity contribution in [2.75, 3.05) is 0 Å². The van der Waals surface area contributed by atoms with E-state index < -0.39 is 5.97 Å². The van der Waals surface area contributed by atoms with Crippen molar-refractivity contribution in [1.82, 2.24) is 0 Å². The molecule has 4 aliphatic carbocycles. The molecule has 0 amide bonds. The molecule has 0 radical (unpaired) electrons. The molecule has 0 bridgehead atoms. The first-order valence-electron chi connectivity index (χ1n) is 12.4. The number of hydrogen-bond acceptors (Lipinski definition) is 1. The first kappa shape index (κ1) is 20.7. The van der Waals surface area contributed by atoms with Crippen LogP contribution in [0.15, 0.2) is 0 Å².